The molecule has 0 aliphatic rings. The van der Waals surface area contributed by atoms with E-state index in [0.29, 0.717) is 16.4 Å². The van der Waals surface area contributed by atoms with Gasteiger partial charge in [0, 0.05) is 22.4 Å². The molecule has 0 fully saturated rings. The number of hydrogen-bond donors (Lipinski definition) is 1. The van der Waals surface area contributed by atoms with Crippen LogP contribution in [0.5, 0.6) is 0 Å². The van der Waals surface area contributed by atoms with Crippen molar-refractivity contribution in [1.29, 1.82) is 0 Å². The Labute approximate surface area is 141 Å². The summed E-state index contributed by atoms with van der Waals surface area (Å²) in [6.07, 6.45) is -0.0728. The Hall–Kier alpha value is -2.47. The largest absolute Gasteiger partial charge is 0.301 e. The zero-order valence-corrected chi connectivity index (χ0v) is 13.7. The summed E-state index contributed by atoms with van der Waals surface area (Å²) in [6, 6.07) is 13.1. The fraction of sp³-hybridized carbons (Fsp3) is 0.111. The van der Waals surface area contributed by atoms with Gasteiger partial charge in [-0.25, -0.2) is 13.8 Å². The van der Waals surface area contributed by atoms with E-state index in [1.807, 2.05) is 30.3 Å². The van der Waals surface area contributed by atoms with Crippen LogP contribution in [0.3, 0.4) is 0 Å². The first kappa shape index (κ1) is 16.4. The fourth-order valence-corrected chi connectivity index (χ4v) is 3.06. The third kappa shape index (κ3) is 3.54. The second-order valence-corrected chi connectivity index (χ2v) is 6.30. The minimum Gasteiger partial charge on any atom is -0.301 e. The van der Waals surface area contributed by atoms with Gasteiger partial charge in [0.2, 0.25) is 0 Å². The highest BCUT2D eigenvalue weighted by Gasteiger charge is 2.14. The van der Waals surface area contributed by atoms with Crippen LogP contribution in [0, 0.1) is 18.6 Å². The zero-order valence-electron chi connectivity index (χ0n) is 12.8. The minimum absolute atomic E-state index is 0.0728. The summed E-state index contributed by atoms with van der Waals surface area (Å²) < 4.78 is 27.7. The maximum Gasteiger partial charge on any atom is 0.254 e. The molecule has 24 heavy (non-hydrogen) atoms. The van der Waals surface area contributed by atoms with E-state index in [9.17, 15) is 13.6 Å². The smallest absolute Gasteiger partial charge is 0.254 e. The molecule has 3 rings (SSSR count). The van der Waals surface area contributed by atoms with Crippen molar-refractivity contribution in [2.24, 2.45) is 0 Å². The van der Waals surface area contributed by atoms with Crippen LogP contribution >= 0.6 is 11.8 Å². The van der Waals surface area contributed by atoms with Gasteiger partial charge in [-0.15, -0.1) is 0 Å². The molecule has 0 bridgehead atoms. The number of benzene rings is 2. The normalized spacial score (nSPS) is 10.8. The molecule has 2 aromatic carbocycles. The average molecular weight is 344 g/mol. The standard InChI is InChI=1S/C18H14F2N2OS/c1-11-16(10-13-14(19)8-5-9-15(13)20)21-18(22-17(11)23)24-12-6-3-2-4-7-12/h2-9H,10H2,1H3,(H,21,22,23). The van der Waals surface area contributed by atoms with Crippen LogP contribution in [0.2, 0.25) is 0 Å². The lowest BCUT2D eigenvalue weighted by atomic mass is 10.1. The summed E-state index contributed by atoms with van der Waals surface area (Å²) in [4.78, 5) is 20.1. The van der Waals surface area contributed by atoms with Gasteiger partial charge in [0.05, 0.1) is 5.69 Å². The van der Waals surface area contributed by atoms with Crippen molar-refractivity contribution in [2.75, 3.05) is 0 Å². The highest BCUT2D eigenvalue weighted by atomic mass is 32.2. The third-order valence-electron chi connectivity index (χ3n) is 3.59. The predicted molar refractivity (Wildman–Crippen MR) is 89.3 cm³/mol. The first-order valence-electron chi connectivity index (χ1n) is 7.30. The summed E-state index contributed by atoms with van der Waals surface area (Å²) in [5.41, 5.74) is 0.320. The number of hydrogen-bond acceptors (Lipinski definition) is 3. The highest BCUT2D eigenvalue weighted by molar-refractivity contribution is 7.99. The first-order valence-corrected chi connectivity index (χ1v) is 8.12. The van der Waals surface area contributed by atoms with Crippen LogP contribution < -0.4 is 5.56 Å². The van der Waals surface area contributed by atoms with E-state index in [4.69, 9.17) is 0 Å². The summed E-state index contributed by atoms with van der Waals surface area (Å²) in [5, 5.41) is 0.392. The maximum absolute atomic E-state index is 13.9. The zero-order chi connectivity index (χ0) is 17.1. The van der Waals surface area contributed by atoms with E-state index < -0.39 is 11.6 Å². The average Bonchev–Trinajstić information content (AvgIpc) is 2.56. The van der Waals surface area contributed by atoms with Crippen molar-refractivity contribution in [3.05, 3.63) is 87.3 Å². The molecule has 0 saturated heterocycles. The molecule has 122 valence electrons. The van der Waals surface area contributed by atoms with Crippen LogP contribution in [-0.2, 0) is 6.42 Å². The van der Waals surface area contributed by atoms with Crippen LogP contribution in [-0.4, -0.2) is 9.97 Å². The van der Waals surface area contributed by atoms with Gasteiger partial charge >= 0.3 is 0 Å². The molecule has 3 nitrogen and oxygen atoms in total. The molecule has 1 N–H and O–H groups in total. The quantitative estimate of drug-likeness (QED) is 0.725. The molecule has 1 aromatic heterocycles. The van der Waals surface area contributed by atoms with E-state index in [-0.39, 0.29) is 17.5 Å². The third-order valence-corrected chi connectivity index (χ3v) is 4.49. The van der Waals surface area contributed by atoms with Gasteiger partial charge in [0.15, 0.2) is 5.16 Å². The van der Waals surface area contributed by atoms with E-state index in [1.54, 1.807) is 6.92 Å². The molecule has 0 aliphatic heterocycles. The number of H-pyrrole nitrogens is 1. The lowest BCUT2D eigenvalue weighted by Crippen LogP contribution is -2.16. The lowest BCUT2D eigenvalue weighted by molar-refractivity contribution is 0.559. The van der Waals surface area contributed by atoms with E-state index in [1.165, 1.54) is 30.0 Å². The number of nitrogens with zero attached hydrogens (tertiary/aromatic N) is 1. The molecule has 0 radical (unpaired) electrons. The van der Waals surface area contributed by atoms with Crippen molar-refractivity contribution in [1.82, 2.24) is 9.97 Å². The van der Waals surface area contributed by atoms with Gasteiger partial charge in [-0.2, -0.15) is 0 Å². The number of aromatic nitrogens is 2. The van der Waals surface area contributed by atoms with Gasteiger partial charge < -0.3 is 4.98 Å². The van der Waals surface area contributed by atoms with E-state index in [0.717, 1.165) is 4.90 Å². The predicted octanol–water partition coefficient (Wildman–Crippen LogP) is 4.10. The molecule has 0 saturated carbocycles. The summed E-state index contributed by atoms with van der Waals surface area (Å²) in [5.74, 6) is -1.29. The summed E-state index contributed by atoms with van der Waals surface area (Å²) in [7, 11) is 0. The van der Waals surface area contributed by atoms with Gasteiger partial charge in [0.25, 0.3) is 5.56 Å². The van der Waals surface area contributed by atoms with E-state index >= 15 is 0 Å². The van der Waals surface area contributed by atoms with Crippen LogP contribution in [0.4, 0.5) is 8.78 Å². The topological polar surface area (TPSA) is 45.8 Å². The Bertz CT molecular complexity index is 906. The molecule has 0 amide bonds. The molecule has 1 heterocycles. The Morgan fingerprint density at radius 1 is 1.04 bits per heavy atom. The second kappa shape index (κ2) is 6.97. The van der Waals surface area contributed by atoms with Gasteiger partial charge in [-0.1, -0.05) is 36.0 Å². The Balaban J connectivity index is 1.97. The number of rotatable bonds is 4. The minimum atomic E-state index is -0.645. The van der Waals surface area contributed by atoms with Crippen molar-refractivity contribution in [3.8, 4) is 0 Å². The second-order valence-electron chi connectivity index (χ2n) is 5.23. The number of aromatic amines is 1. The summed E-state index contributed by atoms with van der Waals surface area (Å²) in [6.45, 7) is 1.59. The Kier molecular flexibility index (Phi) is 4.76. The Morgan fingerprint density at radius 3 is 2.38 bits per heavy atom. The Morgan fingerprint density at radius 2 is 1.71 bits per heavy atom. The SMILES string of the molecule is Cc1c(Cc2c(F)cccc2F)nc(Sc2ccccc2)[nH]c1=O. The number of nitrogens with one attached hydrogen (secondary N) is 1. The molecule has 0 aliphatic carbocycles. The van der Waals surface area contributed by atoms with Crippen molar-refractivity contribution in [2.45, 2.75) is 23.4 Å². The van der Waals surface area contributed by atoms with Gasteiger partial charge in [-0.3, -0.25) is 4.79 Å². The van der Waals surface area contributed by atoms with Crippen LogP contribution in [0.15, 0.2) is 63.4 Å². The first-order chi connectivity index (χ1) is 11.5. The van der Waals surface area contributed by atoms with Crippen LogP contribution in [0.1, 0.15) is 16.8 Å². The van der Waals surface area contributed by atoms with E-state index in [2.05, 4.69) is 9.97 Å². The van der Waals surface area contributed by atoms with Crippen molar-refractivity contribution in [3.63, 3.8) is 0 Å². The summed E-state index contributed by atoms with van der Waals surface area (Å²) >= 11 is 1.29. The molecule has 3 aromatic rings. The lowest BCUT2D eigenvalue weighted by Gasteiger charge is -2.09. The van der Waals surface area contributed by atoms with Crippen molar-refractivity contribution >= 4 is 11.8 Å². The highest BCUT2D eigenvalue weighted by Crippen LogP contribution is 2.24. The van der Waals surface area contributed by atoms with Gasteiger partial charge in [0.1, 0.15) is 11.6 Å². The molecular weight excluding hydrogens is 330 g/mol. The molecule has 0 unspecified atom stereocenters. The van der Waals surface area contributed by atoms with Gasteiger partial charge in [-0.05, 0) is 31.2 Å². The molecule has 0 atom stereocenters. The molecular formula is C18H14F2N2OS. The molecule has 0 spiro atoms. The monoisotopic (exact) mass is 344 g/mol. The molecule has 6 heteroatoms. The maximum atomic E-state index is 13.9. The van der Waals surface area contributed by atoms with Crippen molar-refractivity contribution < 1.29 is 8.78 Å². The number of halogens is 2. The fourth-order valence-electron chi connectivity index (χ4n) is 2.25. The van der Waals surface area contributed by atoms with Crippen LogP contribution in [0.25, 0.3) is 0 Å².